The van der Waals surface area contributed by atoms with Crippen LogP contribution in [0.2, 0.25) is 5.02 Å². The van der Waals surface area contributed by atoms with Crippen LogP contribution in [0, 0.1) is 6.92 Å². The normalized spacial score (nSPS) is 10.8. The number of anilines is 1. The van der Waals surface area contributed by atoms with Crippen LogP contribution in [0.5, 0.6) is 0 Å². The predicted molar refractivity (Wildman–Crippen MR) is 97.0 cm³/mol. The first kappa shape index (κ1) is 16.8. The molecule has 0 amide bonds. The highest BCUT2D eigenvalue weighted by molar-refractivity contribution is 14.0. The van der Waals surface area contributed by atoms with Crippen LogP contribution < -0.4 is 11.1 Å². The summed E-state index contributed by atoms with van der Waals surface area (Å²) in [6.45, 7) is 2.55. The zero-order valence-electron chi connectivity index (χ0n) is 11.1. The van der Waals surface area contributed by atoms with Gasteiger partial charge in [-0.2, -0.15) is 0 Å². The van der Waals surface area contributed by atoms with Crippen LogP contribution in [0.4, 0.5) is 5.69 Å². The van der Waals surface area contributed by atoms with Crippen molar-refractivity contribution in [1.29, 1.82) is 0 Å². The third-order valence-electron chi connectivity index (χ3n) is 2.64. The number of aryl methyl sites for hydroxylation is 1. The smallest absolute Gasteiger partial charge is 0.193 e. The minimum atomic E-state index is 0. The van der Waals surface area contributed by atoms with E-state index in [1.54, 1.807) is 0 Å². The Bertz CT molecular complexity index is 582. The molecule has 0 aromatic heterocycles. The standard InChI is InChI=1S/C15H16ClN3.HI/c1-11-5-7-14(8-6-11)19-15(17)18-10-12-3-2-4-13(16)9-12;/h2-9H,10H2,1H3,(H3,17,18,19);1H. The highest BCUT2D eigenvalue weighted by Crippen LogP contribution is 2.12. The molecule has 0 heterocycles. The van der Waals surface area contributed by atoms with Crippen molar-refractivity contribution in [2.24, 2.45) is 10.7 Å². The van der Waals surface area contributed by atoms with E-state index in [2.05, 4.69) is 10.3 Å². The lowest BCUT2D eigenvalue weighted by Crippen LogP contribution is -2.22. The maximum absolute atomic E-state index is 5.91. The Morgan fingerprint density at radius 3 is 2.55 bits per heavy atom. The number of nitrogens with one attached hydrogen (secondary N) is 1. The lowest BCUT2D eigenvalue weighted by molar-refractivity contribution is 1.06. The van der Waals surface area contributed by atoms with Gasteiger partial charge in [0.1, 0.15) is 0 Å². The van der Waals surface area contributed by atoms with Crippen molar-refractivity contribution >= 4 is 47.2 Å². The predicted octanol–water partition coefficient (Wildman–Crippen LogP) is 4.19. The number of nitrogens with zero attached hydrogens (tertiary/aromatic N) is 1. The molecular formula is C15H17ClIN3. The Morgan fingerprint density at radius 1 is 1.20 bits per heavy atom. The van der Waals surface area contributed by atoms with Crippen molar-refractivity contribution in [3.63, 3.8) is 0 Å². The van der Waals surface area contributed by atoms with Crippen molar-refractivity contribution in [3.05, 3.63) is 64.7 Å². The third-order valence-corrected chi connectivity index (χ3v) is 2.88. The summed E-state index contributed by atoms with van der Waals surface area (Å²) in [6, 6.07) is 15.6. The molecule has 2 rings (SSSR count). The van der Waals surface area contributed by atoms with Gasteiger partial charge in [-0.15, -0.1) is 24.0 Å². The van der Waals surface area contributed by atoms with E-state index in [0.29, 0.717) is 17.5 Å². The molecule has 0 fully saturated rings. The summed E-state index contributed by atoms with van der Waals surface area (Å²) < 4.78 is 0. The second kappa shape index (κ2) is 8.11. The average Bonchev–Trinajstić information content (AvgIpc) is 2.39. The van der Waals surface area contributed by atoms with E-state index in [9.17, 15) is 0 Å². The van der Waals surface area contributed by atoms with Gasteiger partial charge in [0.25, 0.3) is 0 Å². The van der Waals surface area contributed by atoms with Crippen LogP contribution in [-0.2, 0) is 6.54 Å². The molecule has 0 atom stereocenters. The fourth-order valence-electron chi connectivity index (χ4n) is 1.64. The van der Waals surface area contributed by atoms with Crippen molar-refractivity contribution in [1.82, 2.24) is 0 Å². The van der Waals surface area contributed by atoms with Gasteiger partial charge in [0, 0.05) is 10.7 Å². The topological polar surface area (TPSA) is 50.4 Å². The molecule has 2 aromatic rings. The van der Waals surface area contributed by atoms with Crippen LogP contribution in [-0.4, -0.2) is 5.96 Å². The van der Waals surface area contributed by atoms with Crippen molar-refractivity contribution in [2.45, 2.75) is 13.5 Å². The van der Waals surface area contributed by atoms with Crippen LogP contribution in [0.1, 0.15) is 11.1 Å². The minimum absolute atomic E-state index is 0. The molecule has 106 valence electrons. The van der Waals surface area contributed by atoms with Gasteiger partial charge in [0.15, 0.2) is 5.96 Å². The average molecular weight is 402 g/mol. The van der Waals surface area contributed by atoms with Crippen LogP contribution in [0.25, 0.3) is 0 Å². The van der Waals surface area contributed by atoms with E-state index >= 15 is 0 Å². The molecule has 3 N–H and O–H groups in total. The fraction of sp³-hybridized carbons (Fsp3) is 0.133. The minimum Gasteiger partial charge on any atom is -0.370 e. The molecule has 0 aliphatic heterocycles. The molecule has 0 saturated heterocycles. The van der Waals surface area contributed by atoms with Crippen LogP contribution in [0.3, 0.4) is 0 Å². The summed E-state index contributed by atoms with van der Waals surface area (Å²) in [7, 11) is 0. The number of nitrogens with two attached hydrogens (primary N) is 1. The number of benzene rings is 2. The molecule has 20 heavy (non-hydrogen) atoms. The first-order valence-corrected chi connectivity index (χ1v) is 6.39. The quantitative estimate of drug-likeness (QED) is 0.460. The van der Waals surface area contributed by atoms with Gasteiger partial charge >= 0.3 is 0 Å². The summed E-state index contributed by atoms with van der Waals surface area (Å²) in [5.74, 6) is 0.392. The first-order valence-electron chi connectivity index (χ1n) is 6.01. The number of halogens is 2. The van der Waals surface area contributed by atoms with Gasteiger partial charge < -0.3 is 11.1 Å². The molecule has 0 spiro atoms. The summed E-state index contributed by atoms with van der Waals surface area (Å²) >= 11 is 5.91. The summed E-state index contributed by atoms with van der Waals surface area (Å²) in [6.07, 6.45) is 0. The molecule has 5 heteroatoms. The van der Waals surface area contributed by atoms with Gasteiger partial charge in [-0.25, -0.2) is 4.99 Å². The van der Waals surface area contributed by atoms with Crippen LogP contribution in [0.15, 0.2) is 53.5 Å². The van der Waals surface area contributed by atoms with E-state index in [0.717, 1.165) is 11.3 Å². The molecule has 2 aromatic carbocycles. The lowest BCUT2D eigenvalue weighted by Gasteiger charge is -2.06. The van der Waals surface area contributed by atoms with E-state index in [1.807, 2.05) is 55.5 Å². The van der Waals surface area contributed by atoms with Crippen LogP contribution >= 0.6 is 35.6 Å². The Labute approximate surface area is 141 Å². The largest absolute Gasteiger partial charge is 0.370 e. The number of hydrogen-bond donors (Lipinski definition) is 2. The zero-order chi connectivity index (χ0) is 13.7. The molecule has 0 aliphatic rings. The monoisotopic (exact) mass is 401 g/mol. The first-order chi connectivity index (χ1) is 9.13. The molecule has 3 nitrogen and oxygen atoms in total. The van der Waals surface area contributed by atoms with Gasteiger partial charge in [-0.05, 0) is 36.8 Å². The molecule has 0 bridgehead atoms. The van der Waals surface area contributed by atoms with Crippen molar-refractivity contribution in [2.75, 3.05) is 5.32 Å². The number of aliphatic imine (C=N–C) groups is 1. The second-order valence-electron chi connectivity index (χ2n) is 4.32. The summed E-state index contributed by atoms with van der Waals surface area (Å²) in [4.78, 5) is 4.28. The maximum atomic E-state index is 5.91. The highest BCUT2D eigenvalue weighted by atomic mass is 127. The fourth-order valence-corrected chi connectivity index (χ4v) is 1.85. The number of hydrogen-bond acceptors (Lipinski definition) is 1. The van der Waals surface area contributed by atoms with Gasteiger partial charge in [-0.1, -0.05) is 41.4 Å². The molecule has 0 saturated carbocycles. The van der Waals surface area contributed by atoms with E-state index < -0.39 is 0 Å². The van der Waals surface area contributed by atoms with Gasteiger partial charge in [-0.3, -0.25) is 0 Å². The molecule has 0 aliphatic carbocycles. The highest BCUT2D eigenvalue weighted by Gasteiger charge is 1.96. The zero-order valence-corrected chi connectivity index (χ0v) is 14.2. The lowest BCUT2D eigenvalue weighted by atomic mass is 10.2. The van der Waals surface area contributed by atoms with Crippen molar-refractivity contribution in [3.8, 4) is 0 Å². The van der Waals surface area contributed by atoms with E-state index in [4.69, 9.17) is 17.3 Å². The Hall–Kier alpha value is -1.27. The third kappa shape index (κ3) is 5.38. The Morgan fingerprint density at radius 2 is 1.90 bits per heavy atom. The van der Waals surface area contributed by atoms with E-state index in [-0.39, 0.29) is 24.0 Å². The Kier molecular flexibility index (Phi) is 6.81. The van der Waals surface area contributed by atoms with Gasteiger partial charge in [0.05, 0.1) is 6.54 Å². The molecule has 0 unspecified atom stereocenters. The van der Waals surface area contributed by atoms with E-state index in [1.165, 1.54) is 5.56 Å². The summed E-state index contributed by atoms with van der Waals surface area (Å²) in [5.41, 5.74) is 9.00. The SMILES string of the molecule is Cc1ccc(NC(N)=NCc2cccc(Cl)c2)cc1.I. The van der Waals surface area contributed by atoms with Crippen molar-refractivity contribution < 1.29 is 0 Å². The summed E-state index contributed by atoms with van der Waals surface area (Å²) in [5, 5.41) is 3.76. The second-order valence-corrected chi connectivity index (χ2v) is 4.76. The molecule has 0 radical (unpaired) electrons. The maximum Gasteiger partial charge on any atom is 0.193 e. The molecular weight excluding hydrogens is 385 g/mol. The Balaban J connectivity index is 0.00000200. The number of rotatable bonds is 3. The van der Waals surface area contributed by atoms with Gasteiger partial charge in [0.2, 0.25) is 0 Å². The number of guanidine groups is 1.